The molecule has 1 aromatic rings. The molecule has 0 bridgehead atoms. The number of para-hydroxylation sites is 1. The summed E-state index contributed by atoms with van der Waals surface area (Å²) < 4.78 is 27.6. The van der Waals surface area contributed by atoms with E-state index in [1.807, 2.05) is 0 Å². The number of carbonyl (C=O) groups is 1. The van der Waals surface area contributed by atoms with Crippen molar-refractivity contribution in [3.8, 4) is 5.75 Å². The van der Waals surface area contributed by atoms with Crippen LogP contribution in [0.5, 0.6) is 5.75 Å². The number of esters is 1. The van der Waals surface area contributed by atoms with Crippen LogP contribution in [0, 0.1) is 0 Å². The molecule has 0 amide bonds. The van der Waals surface area contributed by atoms with Gasteiger partial charge in [0.15, 0.2) is 0 Å². The Hall–Kier alpha value is -1.36. The first kappa shape index (κ1) is 16.7. The molecule has 0 aliphatic heterocycles. The van der Waals surface area contributed by atoms with Crippen LogP contribution in [0.3, 0.4) is 0 Å². The average Bonchev–Trinajstić information content (AvgIpc) is 2.39. The summed E-state index contributed by atoms with van der Waals surface area (Å²) in [5.41, 5.74) is 0. The van der Waals surface area contributed by atoms with Gasteiger partial charge in [-0.3, -0.25) is 9.32 Å². The quantitative estimate of drug-likeness (QED) is 0.616. The highest BCUT2D eigenvalue weighted by Crippen LogP contribution is 2.43. The third-order valence-corrected chi connectivity index (χ3v) is 3.90. The van der Waals surface area contributed by atoms with Gasteiger partial charge in [-0.15, -0.1) is 0 Å². The molecule has 0 spiro atoms. The molecule has 2 atom stereocenters. The molecule has 0 saturated heterocycles. The maximum atomic E-state index is 12.4. The van der Waals surface area contributed by atoms with Crippen LogP contribution in [0.15, 0.2) is 30.3 Å². The van der Waals surface area contributed by atoms with Crippen LogP contribution in [0.25, 0.3) is 0 Å². The van der Waals surface area contributed by atoms with Crippen molar-refractivity contribution in [2.45, 2.75) is 32.9 Å². The van der Waals surface area contributed by atoms with Crippen molar-refractivity contribution in [2.24, 2.45) is 0 Å². The van der Waals surface area contributed by atoms with E-state index in [0.717, 1.165) is 0 Å². The standard InChI is InChI=1S/C13H20NO5P/c1-10(2)18-13(15)11(3)14-20(16,17-4)19-12-8-6-5-7-9-12/h5-11H,1-4H3,(H,14,16)/t11-,20?/m1/s1. The van der Waals surface area contributed by atoms with Crippen LogP contribution in [-0.4, -0.2) is 25.2 Å². The predicted octanol–water partition coefficient (Wildman–Crippen LogP) is 2.75. The Morgan fingerprint density at radius 2 is 1.80 bits per heavy atom. The molecule has 1 unspecified atom stereocenters. The van der Waals surface area contributed by atoms with Crippen LogP contribution in [0.1, 0.15) is 20.8 Å². The summed E-state index contributed by atoms with van der Waals surface area (Å²) in [5, 5.41) is 2.53. The number of rotatable bonds is 7. The van der Waals surface area contributed by atoms with Crippen LogP contribution in [0.4, 0.5) is 0 Å². The Balaban J connectivity index is 2.70. The zero-order chi connectivity index (χ0) is 15.2. The molecule has 0 radical (unpaired) electrons. The van der Waals surface area contributed by atoms with Gasteiger partial charge in [0.2, 0.25) is 0 Å². The lowest BCUT2D eigenvalue weighted by atomic mass is 10.3. The van der Waals surface area contributed by atoms with E-state index in [1.54, 1.807) is 44.2 Å². The molecule has 6 nitrogen and oxygen atoms in total. The second-order valence-electron chi connectivity index (χ2n) is 4.42. The monoisotopic (exact) mass is 301 g/mol. The molecule has 20 heavy (non-hydrogen) atoms. The van der Waals surface area contributed by atoms with Crippen LogP contribution in [-0.2, 0) is 18.6 Å². The smallest absolute Gasteiger partial charge is 0.459 e. The highest BCUT2D eigenvalue weighted by Gasteiger charge is 2.31. The first-order chi connectivity index (χ1) is 9.36. The van der Waals surface area contributed by atoms with Gasteiger partial charge in [0.25, 0.3) is 0 Å². The van der Waals surface area contributed by atoms with Gasteiger partial charge < -0.3 is 9.26 Å². The maximum absolute atomic E-state index is 12.4. The Kier molecular flexibility index (Phi) is 6.20. The number of benzene rings is 1. The lowest BCUT2D eigenvalue weighted by molar-refractivity contribution is -0.149. The fourth-order valence-electron chi connectivity index (χ4n) is 1.36. The Bertz CT molecular complexity index is 477. The van der Waals surface area contributed by atoms with E-state index in [0.29, 0.717) is 5.75 Å². The number of ether oxygens (including phenoxy) is 1. The van der Waals surface area contributed by atoms with Crippen molar-refractivity contribution in [3.63, 3.8) is 0 Å². The molecule has 0 fully saturated rings. The van der Waals surface area contributed by atoms with Crippen molar-refractivity contribution in [3.05, 3.63) is 30.3 Å². The topological polar surface area (TPSA) is 73.9 Å². The Morgan fingerprint density at radius 3 is 2.30 bits per heavy atom. The van der Waals surface area contributed by atoms with Gasteiger partial charge in [-0.25, -0.2) is 4.57 Å². The van der Waals surface area contributed by atoms with E-state index in [1.165, 1.54) is 14.0 Å². The van der Waals surface area contributed by atoms with E-state index in [9.17, 15) is 9.36 Å². The molecule has 112 valence electrons. The van der Waals surface area contributed by atoms with Crippen molar-refractivity contribution in [1.82, 2.24) is 5.09 Å². The van der Waals surface area contributed by atoms with E-state index in [4.69, 9.17) is 13.8 Å². The Labute approximate surface area is 119 Å². The lowest BCUT2D eigenvalue weighted by Gasteiger charge is -2.21. The average molecular weight is 301 g/mol. The van der Waals surface area contributed by atoms with E-state index < -0.39 is 19.8 Å². The molecule has 1 rings (SSSR count). The second kappa shape index (κ2) is 7.43. The van der Waals surface area contributed by atoms with Crippen LogP contribution in [0.2, 0.25) is 0 Å². The van der Waals surface area contributed by atoms with Gasteiger partial charge in [0.1, 0.15) is 11.8 Å². The molecule has 0 aliphatic rings. The van der Waals surface area contributed by atoms with E-state index in [2.05, 4.69) is 5.09 Å². The highest BCUT2D eigenvalue weighted by atomic mass is 31.2. The molecule has 0 saturated carbocycles. The number of hydrogen-bond acceptors (Lipinski definition) is 5. The minimum absolute atomic E-state index is 0.247. The zero-order valence-electron chi connectivity index (χ0n) is 12.0. The highest BCUT2D eigenvalue weighted by molar-refractivity contribution is 7.52. The third kappa shape index (κ3) is 5.33. The normalized spacial score (nSPS) is 15.4. The molecule has 1 N–H and O–H groups in total. The van der Waals surface area contributed by atoms with Gasteiger partial charge in [-0.2, -0.15) is 5.09 Å². The predicted molar refractivity (Wildman–Crippen MR) is 75.5 cm³/mol. The lowest BCUT2D eigenvalue weighted by Crippen LogP contribution is -2.36. The molecule has 0 heterocycles. The molecule has 1 aromatic carbocycles. The fraction of sp³-hybridized carbons (Fsp3) is 0.462. The van der Waals surface area contributed by atoms with Crippen molar-refractivity contribution in [1.29, 1.82) is 0 Å². The van der Waals surface area contributed by atoms with Crippen molar-refractivity contribution in [2.75, 3.05) is 7.11 Å². The molecular weight excluding hydrogens is 281 g/mol. The summed E-state index contributed by atoms with van der Waals surface area (Å²) in [4.78, 5) is 11.7. The summed E-state index contributed by atoms with van der Waals surface area (Å²) in [7, 11) is -2.38. The number of hydrogen-bond donors (Lipinski definition) is 1. The summed E-state index contributed by atoms with van der Waals surface area (Å²) in [5.74, 6) is -0.136. The van der Waals surface area contributed by atoms with Gasteiger partial charge in [-0.05, 0) is 32.9 Å². The van der Waals surface area contributed by atoms with Crippen molar-refractivity contribution < 1.29 is 23.1 Å². The summed E-state index contributed by atoms with van der Waals surface area (Å²) in [6, 6.07) is 7.76. The van der Waals surface area contributed by atoms with Gasteiger partial charge >= 0.3 is 13.7 Å². The largest absolute Gasteiger partial charge is 0.462 e. The molecule has 7 heteroatoms. The SMILES string of the molecule is COP(=O)(N[C@H](C)C(=O)OC(C)C)Oc1ccccc1. The van der Waals surface area contributed by atoms with E-state index >= 15 is 0 Å². The minimum Gasteiger partial charge on any atom is -0.462 e. The van der Waals surface area contributed by atoms with Crippen LogP contribution >= 0.6 is 7.75 Å². The summed E-state index contributed by atoms with van der Waals surface area (Å²) >= 11 is 0. The molecule has 0 aliphatic carbocycles. The summed E-state index contributed by atoms with van der Waals surface area (Å²) in [6.07, 6.45) is -0.247. The van der Waals surface area contributed by atoms with Gasteiger partial charge in [-0.1, -0.05) is 18.2 Å². The van der Waals surface area contributed by atoms with Crippen LogP contribution < -0.4 is 9.61 Å². The van der Waals surface area contributed by atoms with Crippen molar-refractivity contribution >= 4 is 13.7 Å². The molecule has 0 aromatic heterocycles. The first-order valence-electron chi connectivity index (χ1n) is 6.25. The second-order valence-corrected chi connectivity index (χ2v) is 6.22. The number of nitrogens with one attached hydrogen (secondary N) is 1. The van der Waals surface area contributed by atoms with Gasteiger partial charge in [0.05, 0.1) is 6.10 Å². The Morgan fingerprint density at radius 1 is 1.20 bits per heavy atom. The third-order valence-electron chi connectivity index (χ3n) is 2.27. The molecular formula is C13H20NO5P. The fourth-order valence-corrected chi connectivity index (χ4v) is 2.57. The summed E-state index contributed by atoms with van der Waals surface area (Å²) in [6.45, 7) is 5.01. The maximum Gasteiger partial charge on any atom is 0.459 e. The minimum atomic E-state index is -3.63. The first-order valence-corrected chi connectivity index (χ1v) is 7.79. The van der Waals surface area contributed by atoms with Gasteiger partial charge in [0, 0.05) is 7.11 Å². The van der Waals surface area contributed by atoms with E-state index in [-0.39, 0.29) is 6.10 Å². The number of carbonyl (C=O) groups excluding carboxylic acids is 1. The zero-order valence-corrected chi connectivity index (χ0v) is 12.9.